The number of rotatable bonds is 0. The third-order valence-electron chi connectivity index (χ3n) is 3.69. The lowest BCUT2D eigenvalue weighted by atomic mass is 9.76. The van der Waals surface area contributed by atoms with Crippen LogP contribution in [0.2, 0.25) is 0 Å². The molecule has 82 valence electrons. The first kappa shape index (κ1) is 9.58. The molecule has 3 rings (SSSR count). The van der Waals surface area contributed by atoms with Gasteiger partial charge in [-0.1, -0.05) is 24.3 Å². The molecule has 1 aromatic rings. The predicted octanol–water partition coefficient (Wildman–Crippen LogP) is 1.32. The van der Waals surface area contributed by atoms with E-state index in [9.17, 15) is 9.59 Å². The fourth-order valence-corrected chi connectivity index (χ4v) is 2.82. The molecule has 1 spiro atoms. The third kappa shape index (κ3) is 1.08. The van der Waals surface area contributed by atoms with Crippen LogP contribution < -0.4 is 5.32 Å². The van der Waals surface area contributed by atoms with Crippen LogP contribution in [0, 0.1) is 5.41 Å². The lowest BCUT2D eigenvalue weighted by molar-refractivity contribution is -0.130. The lowest BCUT2D eigenvalue weighted by Gasteiger charge is -2.30. The summed E-state index contributed by atoms with van der Waals surface area (Å²) >= 11 is 0. The van der Waals surface area contributed by atoms with Crippen LogP contribution in [-0.4, -0.2) is 18.2 Å². The van der Waals surface area contributed by atoms with Crippen molar-refractivity contribution in [1.82, 2.24) is 5.32 Å². The second kappa shape index (κ2) is 3.17. The fourth-order valence-electron chi connectivity index (χ4n) is 2.82. The molecule has 1 saturated heterocycles. The Kier molecular flexibility index (Phi) is 1.90. The number of benzene rings is 1. The van der Waals surface area contributed by atoms with Gasteiger partial charge in [0.2, 0.25) is 5.91 Å². The highest BCUT2D eigenvalue weighted by Crippen LogP contribution is 2.41. The number of carbonyl (C=O) groups excluding carboxylic acids is 2. The van der Waals surface area contributed by atoms with Crippen LogP contribution in [0.15, 0.2) is 24.3 Å². The summed E-state index contributed by atoms with van der Waals surface area (Å²) in [6.07, 6.45) is 2.16. The van der Waals surface area contributed by atoms with E-state index in [0.29, 0.717) is 19.4 Å². The molecule has 0 radical (unpaired) electrons. The summed E-state index contributed by atoms with van der Waals surface area (Å²) in [5.74, 6) is -0.0692. The molecule has 1 heterocycles. The van der Waals surface area contributed by atoms with Crippen LogP contribution in [0.25, 0.3) is 0 Å². The molecule has 3 nitrogen and oxygen atoms in total. The Morgan fingerprint density at radius 2 is 2.00 bits per heavy atom. The van der Waals surface area contributed by atoms with Crippen molar-refractivity contribution in [1.29, 1.82) is 0 Å². The number of piperidine rings is 1. The molecule has 1 amide bonds. The van der Waals surface area contributed by atoms with E-state index in [-0.39, 0.29) is 11.7 Å². The summed E-state index contributed by atoms with van der Waals surface area (Å²) in [4.78, 5) is 24.3. The fraction of sp³-hybridized carbons (Fsp3) is 0.385. The molecule has 1 aliphatic heterocycles. The number of carbonyl (C=O) groups is 2. The van der Waals surface area contributed by atoms with E-state index in [1.165, 1.54) is 0 Å². The van der Waals surface area contributed by atoms with E-state index in [0.717, 1.165) is 17.5 Å². The van der Waals surface area contributed by atoms with E-state index in [1.54, 1.807) is 0 Å². The molecule has 0 aromatic heterocycles. The smallest absolute Gasteiger partial charge is 0.234 e. The molecule has 1 aliphatic carbocycles. The van der Waals surface area contributed by atoms with Crippen molar-refractivity contribution in [2.24, 2.45) is 5.41 Å². The molecule has 1 fully saturated rings. The number of nitrogens with one attached hydrogen (secondary N) is 1. The second-order valence-electron chi connectivity index (χ2n) is 4.60. The summed E-state index contributed by atoms with van der Waals surface area (Å²) in [5, 5.41) is 2.82. The van der Waals surface area contributed by atoms with Gasteiger partial charge in [-0.3, -0.25) is 9.59 Å². The van der Waals surface area contributed by atoms with Gasteiger partial charge >= 0.3 is 0 Å². The molecule has 1 unspecified atom stereocenters. The maximum Gasteiger partial charge on any atom is 0.234 e. The van der Waals surface area contributed by atoms with E-state index in [2.05, 4.69) is 5.32 Å². The van der Waals surface area contributed by atoms with Crippen LogP contribution in [0.1, 0.15) is 28.8 Å². The first-order valence-electron chi connectivity index (χ1n) is 5.65. The minimum Gasteiger partial charge on any atom is -0.355 e. The number of ketones is 1. The normalized spacial score (nSPS) is 28.0. The van der Waals surface area contributed by atoms with Crippen molar-refractivity contribution in [2.75, 3.05) is 6.54 Å². The average molecular weight is 215 g/mol. The second-order valence-corrected chi connectivity index (χ2v) is 4.60. The molecule has 3 heteroatoms. The Morgan fingerprint density at radius 3 is 2.75 bits per heavy atom. The van der Waals surface area contributed by atoms with Crippen LogP contribution in [0.5, 0.6) is 0 Å². The first-order chi connectivity index (χ1) is 7.74. The molecule has 16 heavy (non-hydrogen) atoms. The van der Waals surface area contributed by atoms with Crippen molar-refractivity contribution in [3.05, 3.63) is 35.4 Å². The minimum absolute atomic E-state index is 0.0142. The zero-order valence-electron chi connectivity index (χ0n) is 8.95. The van der Waals surface area contributed by atoms with Gasteiger partial charge in [0.05, 0.1) is 0 Å². The van der Waals surface area contributed by atoms with E-state index in [1.807, 2.05) is 24.3 Å². The first-order valence-corrected chi connectivity index (χ1v) is 5.65. The van der Waals surface area contributed by atoms with Crippen molar-refractivity contribution < 1.29 is 9.59 Å². The van der Waals surface area contributed by atoms with E-state index in [4.69, 9.17) is 0 Å². The monoisotopic (exact) mass is 215 g/mol. The van der Waals surface area contributed by atoms with Gasteiger partial charge in [-0.15, -0.1) is 0 Å². The van der Waals surface area contributed by atoms with Gasteiger partial charge in [0.25, 0.3) is 0 Å². The van der Waals surface area contributed by atoms with Crippen LogP contribution in [0.4, 0.5) is 0 Å². The molecule has 1 atom stereocenters. The molecular formula is C13H13NO2. The topological polar surface area (TPSA) is 46.2 Å². The van der Waals surface area contributed by atoms with Gasteiger partial charge < -0.3 is 5.32 Å². The number of fused-ring (bicyclic) bond motifs is 1. The van der Waals surface area contributed by atoms with Gasteiger partial charge in [-0.2, -0.15) is 0 Å². The highest BCUT2D eigenvalue weighted by Gasteiger charge is 2.51. The minimum atomic E-state index is -0.790. The Hall–Kier alpha value is -1.64. The van der Waals surface area contributed by atoms with Gasteiger partial charge in [-0.25, -0.2) is 0 Å². The SMILES string of the molecule is O=C1NCCCC12Cc1ccccc1C2=O. The van der Waals surface area contributed by atoms with E-state index >= 15 is 0 Å². The average Bonchev–Trinajstić information content (AvgIpc) is 2.59. The molecule has 1 N–H and O–H groups in total. The highest BCUT2D eigenvalue weighted by molar-refractivity contribution is 6.17. The highest BCUT2D eigenvalue weighted by atomic mass is 16.2. The Bertz CT molecular complexity index is 481. The largest absolute Gasteiger partial charge is 0.355 e. The Balaban J connectivity index is 2.08. The molecule has 1 aromatic carbocycles. The molecule has 0 saturated carbocycles. The van der Waals surface area contributed by atoms with Crippen molar-refractivity contribution >= 4 is 11.7 Å². The molecule has 0 bridgehead atoms. The molecular weight excluding hydrogens is 202 g/mol. The standard InChI is InChI=1S/C13H13NO2/c15-11-10-5-2-1-4-9(10)8-13(11)6-3-7-14-12(13)16/h1-2,4-5H,3,6-8H2,(H,14,16). The number of hydrogen-bond acceptors (Lipinski definition) is 2. The Morgan fingerprint density at radius 1 is 1.19 bits per heavy atom. The maximum atomic E-state index is 12.3. The Labute approximate surface area is 93.8 Å². The van der Waals surface area contributed by atoms with Gasteiger partial charge in [0.15, 0.2) is 5.78 Å². The van der Waals surface area contributed by atoms with Crippen molar-refractivity contribution in [2.45, 2.75) is 19.3 Å². The summed E-state index contributed by atoms with van der Waals surface area (Å²) in [6, 6.07) is 7.56. The summed E-state index contributed by atoms with van der Waals surface area (Å²) in [5.41, 5.74) is 0.964. The van der Waals surface area contributed by atoms with Crippen LogP contribution >= 0.6 is 0 Å². The number of Topliss-reactive ketones (excluding diaryl/α,β-unsaturated/α-hetero) is 1. The summed E-state index contributed by atoms with van der Waals surface area (Å²) in [6.45, 7) is 0.699. The number of amides is 1. The maximum absolute atomic E-state index is 12.3. The van der Waals surface area contributed by atoms with Crippen LogP contribution in [-0.2, 0) is 11.2 Å². The van der Waals surface area contributed by atoms with Gasteiger partial charge in [0, 0.05) is 12.1 Å². The number of hydrogen-bond donors (Lipinski definition) is 1. The predicted molar refractivity (Wildman–Crippen MR) is 59.2 cm³/mol. The summed E-state index contributed by atoms with van der Waals surface area (Å²) < 4.78 is 0. The van der Waals surface area contributed by atoms with E-state index < -0.39 is 5.41 Å². The van der Waals surface area contributed by atoms with Gasteiger partial charge in [0.1, 0.15) is 5.41 Å². The summed E-state index contributed by atoms with van der Waals surface area (Å²) in [7, 11) is 0. The quantitative estimate of drug-likeness (QED) is 0.663. The lowest BCUT2D eigenvalue weighted by Crippen LogP contribution is -2.49. The van der Waals surface area contributed by atoms with Gasteiger partial charge in [-0.05, 0) is 24.8 Å². The zero-order valence-corrected chi connectivity index (χ0v) is 8.95. The van der Waals surface area contributed by atoms with Crippen molar-refractivity contribution in [3.8, 4) is 0 Å². The van der Waals surface area contributed by atoms with Crippen molar-refractivity contribution in [3.63, 3.8) is 0 Å². The third-order valence-corrected chi connectivity index (χ3v) is 3.69. The molecule has 2 aliphatic rings. The van der Waals surface area contributed by atoms with Crippen LogP contribution in [0.3, 0.4) is 0 Å². The zero-order chi connectivity index (χ0) is 11.2.